The zero-order valence-electron chi connectivity index (χ0n) is 14.0. The third-order valence-electron chi connectivity index (χ3n) is 4.62. The molecule has 0 radical (unpaired) electrons. The predicted octanol–water partition coefficient (Wildman–Crippen LogP) is 3.33. The minimum Gasteiger partial charge on any atom is -0.423 e. The number of rotatable bonds is 4. The van der Waals surface area contributed by atoms with Crippen LogP contribution in [0.2, 0.25) is 0 Å². The number of hydrogen-bond donors (Lipinski definition) is 1. The molecule has 0 spiro atoms. The van der Waals surface area contributed by atoms with Gasteiger partial charge in [0.1, 0.15) is 11.8 Å². The molecule has 2 aromatic rings. The van der Waals surface area contributed by atoms with Crippen LogP contribution in [0.15, 0.2) is 39.5 Å². The second kappa shape index (κ2) is 6.91. The van der Waals surface area contributed by atoms with Gasteiger partial charge >= 0.3 is 5.63 Å². The Balaban J connectivity index is 1.86. The van der Waals surface area contributed by atoms with Crippen LogP contribution in [0.3, 0.4) is 0 Å². The highest BCUT2D eigenvalue weighted by Crippen LogP contribution is 2.32. The van der Waals surface area contributed by atoms with Crippen molar-refractivity contribution >= 4 is 16.7 Å². The van der Waals surface area contributed by atoms with Crippen molar-refractivity contribution in [3.05, 3.63) is 40.8 Å². The van der Waals surface area contributed by atoms with Gasteiger partial charge in [-0.3, -0.25) is 0 Å². The number of alkyl halides is 1. The highest BCUT2D eigenvalue weighted by Gasteiger charge is 2.43. The van der Waals surface area contributed by atoms with E-state index in [0.717, 1.165) is 11.1 Å². The third kappa shape index (κ3) is 3.16. The van der Waals surface area contributed by atoms with Crippen molar-refractivity contribution in [2.45, 2.75) is 44.9 Å². The fraction of sp³-hybridized carbons (Fsp3) is 0.500. The Hall–Kier alpha value is -1.92. The van der Waals surface area contributed by atoms with Crippen LogP contribution in [0.5, 0.6) is 0 Å². The van der Waals surface area contributed by atoms with Crippen molar-refractivity contribution in [1.82, 2.24) is 0 Å². The van der Waals surface area contributed by atoms with E-state index in [-0.39, 0.29) is 12.0 Å². The lowest BCUT2D eigenvalue weighted by atomic mass is 9.88. The van der Waals surface area contributed by atoms with Gasteiger partial charge < -0.3 is 19.2 Å². The fourth-order valence-corrected chi connectivity index (χ4v) is 3.18. The van der Waals surface area contributed by atoms with Crippen LogP contribution in [0.1, 0.15) is 20.3 Å². The molecule has 6 heteroatoms. The van der Waals surface area contributed by atoms with Gasteiger partial charge in [-0.25, -0.2) is 9.18 Å². The van der Waals surface area contributed by atoms with Crippen LogP contribution in [0, 0.1) is 5.92 Å². The lowest BCUT2D eigenvalue weighted by Crippen LogP contribution is -2.55. The normalized spacial score (nSPS) is 30.4. The number of hydrogen-bond acceptors (Lipinski definition) is 5. The molecule has 1 aliphatic heterocycles. The van der Waals surface area contributed by atoms with Gasteiger partial charge in [0.05, 0.1) is 12.1 Å². The van der Waals surface area contributed by atoms with Crippen molar-refractivity contribution in [2.75, 3.05) is 12.4 Å². The summed E-state index contributed by atoms with van der Waals surface area (Å²) in [7, 11) is 1.55. The topological polar surface area (TPSA) is 60.7 Å². The van der Waals surface area contributed by atoms with E-state index < -0.39 is 24.2 Å². The molecule has 0 amide bonds. The molecule has 1 N–H and O–H groups in total. The lowest BCUT2D eigenvalue weighted by molar-refractivity contribution is -0.220. The Morgan fingerprint density at radius 3 is 2.75 bits per heavy atom. The smallest absolute Gasteiger partial charge is 0.336 e. The summed E-state index contributed by atoms with van der Waals surface area (Å²) in [6.07, 6.45) is -1.48. The minimum atomic E-state index is -1.07. The SMILES string of the molecule is CCC1O[C@H](OC)C(Nc2ccc3ccc(=O)oc3c2)[C@@H](C)[C@@H]1F. The minimum absolute atomic E-state index is 0.285. The molecule has 130 valence electrons. The predicted molar refractivity (Wildman–Crippen MR) is 89.9 cm³/mol. The molecule has 5 atom stereocenters. The molecular weight excluding hydrogens is 313 g/mol. The van der Waals surface area contributed by atoms with Crippen molar-refractivity contribution in [2.24, 2.45) is 5.92 Å². The van der Waals surface area contributed by atoms with E-state index in [1.54, 1.807) is 19.2 Å². The second-order valence-electron chi connectivity index (χ2n) is 6.17. The first kappa shape index (κ1) is 16.9. The first-order chi connectivity index (χ1) is 11.5. The molecule has 2 unspecified atom stereocenters. The Kier molecular flexibility index (Phi) is 4.87. The molecule has 1 fully saturated rings. The average molecular weight is 335 g/mol. The largest absolute Gasteiger partial charge is 0.423 e. The van der Waals surface area contributed by atoms with Crippen LogP contribution < -0.4 is 10.9 Å². The highest BCUT2D eigenvalue weighted by molar-refractivity contribution is 5.80. The third-order valence-corrected chi connectivity index (χ3v) is 4.62. The number of nitrogens with one attached hydrogen (secondary N) is 1. The zero-order valence-corrected chi connectivity index (χ0v) is 14.0. The summed E-state index contributed by atoms with van der Waals surface area (Å²) in [5.41, 5.74) is 0.800. The van der Waals surface area contributed by atoms with E-state index in [2.05, 4.69) is 5.32 Å². The van der Waals surface area contributed by atoms with Crippen molar-refractivity contribution in [1.29, 1.82) is 0 Å². The summed E-state index contributed by atoms with van der Waals surface area (Å²) in [6.45, 7) is 3.75. The first-order valence-corrected chi connectivity index (χ1v) is 8.16. The van der Waals surface area contributed by atoms with Gasteiger partial charge in [0.25, 0.3) is 0 Å². The zero-order chi connectivity index (χ0) is 17.3. The quantitative estimate of drug-likeness (QED) is 0.869. The summed E-state index contributed by atoms with van der Waals surface area (Å²) in [5.74, 6) is -0.285. The van der Waals surface area contributed by atoms with E-state index >= 15 is 0 Å². The molecule has 24 heavy (non-hydrogen) atoms. The molecule has 3 rings (SSSR count). The van der Waals surface area contributed by atoms with E-state index in [1.165, 1.54) is 6.07 Å². The molecule has 5 nitrogen and oxygen atoms in total. The van der Waals surface area contributed by atoms with E-state index in [9.17, 15) is 9.18 Å². The number of fused-ring (bicyclic) bond motifs is 1. The summed E-state index contributed by atoms with van der Waals surface area (Å²) >= 11 is 0. The van der Waals surface area contributed by atoms with E-state index in [1.807, 2.05) is 26.0 Å². The van der Waals surface area contributed by atoms with Crippen LogP contribution >= 0.6 is 0 Å². The van der Waals surface area contributed by atoms with Gasteiger partial charge in [-0.1, -0.05) is 13.8 Å². The van der Waals surface area contributed by atoms with Crippen molar-refractivity contribution < 1.29 is 18.3 Å². The van der Waals surface area contributed by atoms with Gasteiger partial charge in [-0.15, -0.1) is 0 Å². The van der Waals surface area contributed by atoms with Gasteiger partial charge in [-0.2, -0.15) is 0 Å². The molecule has 1 aromatic carbocycles. The Bertz CT molecular complexity index is 760. The summed E-state index contributed by atoms with van der Waals surface area (Å²) in [5, 5.41) is 4.09. The lowest BCUT2D eigenvalue weighted by Gasteiger charge is -2.42. The van der Waals surface area contributed by atoms with Crippen LogP contribution in [0.25, 0.3) is 11.0 Å². The monoisotopic (exact) mass is 335 g/mol. The molecule has 0 saturated carbocycles. The summed E-state index contributed by atoms with van der Waals surface area (Å²) < 4.78 is 30.9. The van der Waals surface area contributed by atoms with Gasteiger partial charge in [-0.05, 0) is 24.6 Å². The van der Waals surface area contributed by atoms with E-state index in [0.29, 0.717) is 12.0 Å². The second-order valence-corrected chi connectivity index (χ2v) is 6.17. The Morgan fingerprint density at radius 2 is 2.04 bits per heavy atom. The first-order valence-electron chi connectivity index (χ1n) is 8.16. The maximum Gasteiger partial charge on any atom is 0.336 e. The fourth-order valence-electron chi connectivity index (χ4n) is 3.18. The summed E-state index contributed by atoms with van der Waals surface area (Å²) in [4.78, 5) is 11.4. The molecular formula is C18H22FNO4. The average Bonchev–Trinajstić information content (AvgIpc) is 2.59. The Morgan fingerprint density at radius 1 is 1.29 bits per heavy atom. The maximum atomic E-state index is 14.5. The molecule has 0 bridgehead atoms. The molecule has 2 heterocycles. The summed E-state index contributed by atoms with van der Waals surface area (Å²) in [6, 6.07) is 8.18. The maximum absolute atomic E-state index is 14.5. The number of ether oxygens (including phenoxy) is 2. The standard InChI is InChI=1S/C18H22FNO4/c1-4-13-16(19)10(2)17(18(22-3)24-13)20-12-7-5-11-6-8-15(21)23-14(11)9-12/h5-10,13,16-18,20H,4H2,1-3H3/t10-,13?,16-,17?,18-/m0/s1. The van der Waals surface area contributed by atoms with Crippen LogP contribution in [-0.4, -0.2) is 31.7 Å². The molecule has 0 aliphatic carbocycles. The van der Waals surface area contributed by atoms with Gasteiger partial charge in [0, 0.05) is 36.2 Å². The van der Waals surface area contributed by atoms with Crippen LogP contribution in [-0.2, 0) is 9.47 Å². The molecule has 1 aromatic heterocycles. The number of anilines is 1. The van der Waals surface area contributed by atoms with Crippen LogP contribution in [0.4, 0.5) is 10.1 Å². The van der Waals surface area contributed by atoms with Crippen molar-refractivity contribution in [3.63, 3.8) is 0 Å². The molecule has 1 aliphatic rings. The number of halogens is 1. The molecule has 1 saturated heterocycles. The van der Waals surface area contributed by atoms with E-state index in [4.69, 9.17) is 13.9 Å². The number of methoxy groups -OCH3 is 1. The Labute approximate surface area is 139 Å². The van der Waals surface area contributed by atoms with Gasteiger partial charge in [0.2, 0.25) is 0 Å². The van der Waals surface area contributed by atoms with Gasteiger partial charge in [0.15, 0.2) is 6.29 Å². The highest BCUT2D eigenvalue weighted by atomic mass is 19.1. The van der Waals surface area contributed by atoms with Crippen molar-refractivity contribution in [3.8, 4) is 0 Å². The number of benzene rings is 1.